The Morgan fingerprint density at radius 3 is 2.75 bits per heavy atom. The summed E-state index contributed by atoms with van der Waals surface area (Å²) in [4.78, 5) is 0. The highest BCUT2D eigenvalue weighted by molar-refractivity contribution is 9.09. The maximum absolute atomic E-state index is 3.41. The summed E-state index contributed by atoms with van der Waals surface area (Å²) < 4.78 is 0. The van der Waals surface area contributed by atoms with Crippen molar-refractivity contribution in [3.8, 4) is 0 Å². The summed E-state index contributed by atoms with van der Waals surface area (Å²) in [5.74, 6) is 0. The number of alkyl halides is 1. The lowest BCUT2D eigenvalue weighted by atomic mass is 10.3. The molecule has 1 heterocycles. The van der Waals surface area contributed by atoms with Crippen molar-refractivity contribution in [2.45, 2.75) is 6.04 Å². The Bertz CT molecular complexity index is 61.4. The first-order valence-corrected chi connectivity index (χ1v) is 4.05. The van der Waals surface area contributed by atoms with Crippen LogP contribution in [0.3, 0.4) is 0 Å². The second-order valence-corrected chi connectivity index (χ2v) is 2.66. The van der Waals surface area contributed by atoms with Crippen molar-refractivity contribution in [3.05, 3.63) is 0 Å². The fraction of sp³-hybridized carbons (Fsp3) is 1.00. The van der Waals surface area contributed by atoms with E-state index in [1.807, 2.05) is 0 Å². The molecule has 48 valence electrons. The van der Waals surface area contributed by atoms with E-state index in [4.69, 9.17) is 0 Å². The Labute approximate surface area is 58.2 Å². The SMILES string of the molecule is BrC[C@H]1CNCCN1. The van der Waals surface area contributed by atoms with E-state index in [2.05, 4.69) is 26.6 Å². The van der Waals surface area contributed by atoms with Crippen LogP contribution in [0.15, 0.2) is 0 Å². The topological polar surface area (TPSA) is 24.1 Å². The van der Waals surface area contributed by atoms with Gasteiger partial charge in [0.2, 0.25) is 0 Å². The van der Waals surface area contributed by atoms with Crippen molar-refractivity contribution < 1.29 is 0 Å². The lowest BCUT2D eigenvalue weighted by molar-refractivity contribution is 0.448. The summed E-state index contributed by atoms with van der Waals surface area (Å²) in [5.41, 5.74) is 0. The number of hydrogen-bond donors (Lipinski definition) is 2. The maximum atomic E-state index is 3.41. The Hall–Kier alpha value is 0.400. The van der Waals surface area contributed by atoms with Gasteiger partial charge in [-0.3, -0.25) is 0 Å². The average molecular weight is 179 g/mol. The molecule has 1 aliphatic heterocycles. The first kappa shape index (κ1) is 6.52. The molecular formula is C5H11BrN2. The van der Waals surface area contributed by atoms with Crippen molar-refractivity contribution in [1.29, 1.82) is 0 Å². The largest absolute Gasteiger partial charge is 0.314 e. The molecule has 0 aromatic heterocycles. The van der Waals surface area contributed by atoms with E-state index in [0.717, 1.165) is 25.0 Å². The van der Waals surface area contributed by atoms with Crippen LogP contribution in [0.4, 0.5) is 0 Å². The molecule has 2 nitrogen and oxygen atoms in total. The second-order valence-electron chi connectivity index (χ2n) is 2.01. The van der Waals surface area contributed by atoms with Crippen molar-refractivity contribution in [3.63, 3.8) is 0 Å². The van der Waals surface area contributed by atoms with Crippen LogP contribution < -0.4 is 10.6 Å². The molecule has 1 fully saturated rings. The van der Waals surface area contributed by atoms with Gasteiger partial charge in [-0.15, -0.1) is 0 Å². The van der Waals surface area contributed by atoms with E-state index in [1.54, 1.807) is 0 Å². The molecule has 0 spiro atoms. The molecule has 1 rings (SSSR count). The Morgan fingerprint density at radius 2 is 2.38 bits per heavy atom. The lowest BCUT2D eigenvalue weighted by Crippen LogP contribution is -2.49. The van der Waals surface area contributed by atoms with E-state index < -0.39 is 0 Å². The first-order valence-electron chi connectivity index (χ1n) is 2.93. The third-order valence-electron chi connectivity index (χ3n) is 1.31. The predicted octanol–water partition coefficient (Wildman–Crippen LogP) is -0.0573. The minimum atomic E-state index is 0.642. The highest BCUT2D eigenvalue weighted by atomic mass is 79.9. The van der Waals surface area contributed by atoms with Gasteiger partial charge in [-0.25, -0.2) is 0 Å². The zero-order valence-corrected chi connectivity index (χ0v) is 6.37. The normalized spacial score (nSPS) is 30.4. The quantitative estimate of drug-likeness (QED) is 0.551. The van der Waals surface area contributed by atoms with Crippen LogP contribution in [0.25, 0.3) is 0 Å². The molecular weight excluding hydrogens is 168 g/mol. The molecule has 2 N–H and O–H groups in total. The Kier molecular flexibility index (Phi) is 2.80. The fourth-order valence-corrected chi connectivity index (χ4v) is 1.28. The van der Waals surface area contributed by atoms with Crippen molar-refractivity contribution in [2.75, 3.05) is 25.0 Å². The number of hydrogen-bond acceptors (Lipinski definition) is 2. The van der Waals surface area contributed by atoms with Crippen LogP contribution in [-0.2, 0) is 0 Å². The minimum Gasteiger partial charge on any atom is -0.314 e. The van der Waals surface area contributed by atoms with Gasteiger partial charge in [-0.2, -0.15) is 0 Å². The zero-order valence-electron chi connectivity index (χ0n) is 4.78. The molecule has 0 amide bonds. The standard InChI is InChI=1S/C5H11BrN2/c6-3-5-4-7-1-2-8-5/h5,7-8H,1-4H2/t5-/m0/s1. The molecule has 0 saturated carbocycles. The van der Waals surface area contributed by atoms with Crippen LogP contribution in [0.2, 0.25) is 0 Å². The van der Waals surface area contributed by atoms with E-state index in [1.165, 1.54) is 0 Å². The van der Waals surface area contributed by atoms with E-state index in [9.17, 15) is 0 Å². The molecule has 1 saturated heterocycles. The summed E-state index contributed by atoms with van der Waals surface area (Å²) >= 11 is 3.41. The smallest absolute Gasteiger partial charge is 0.0289 e. The second kappa shape index (κ2) is 3.43. The van der Waals surface area contributed by atoms with Crippen molar-refractivity contribution in [1.82, 2.24) is 10.6 Å². The molecule has 3 heteroatoms. The van der Waals surface area contributed by atoms with Crippen LogP contribution in [0.1, 0.15) is 0 Å². The third-order valence-corrected chi connectivity index (χ3v) is 2.09. The Morgan fingerprint density at radius 1 is 1.50 bits per heavy atom. The molecule has 0 bridgehead atoms. The summed E-state index contributed by atoms with van der Waals surface area (Å²) in [6, 6.07) is 0.642. The van der Waals surface area contributed by atoms with Crippen LogP contribution in [0.5, 0.6) is 0 Å². The summed E-state index contributed by atoms with van der Waals surface area (Å²) in [7, 11) is 0. The van der Waals surface area contributed by atoms with Gasteiger partial charge < -0.3 is 10.6 Å². The monoisotopic (exact) mass is 178 g/mol. The molecule has 0 aromatic rings. The number of nitrogens with one attached hydrogen (secondary N) is 2. The van der Waals surface area contributed by atoms with Gasteiger partial charge in [0.25, 0.3) is 0 Å². The van der Waals surface area contributed by atoms with Gasteiger partial charge in [-0.05, 0) is 0 Å². The van der Waals surface area contributed by atoms with Crippen LogP contribution in [0, 0.1) is 0 Å². The van der Waals surface area contributed by atoms with Gasteiger partial charge in [-0.1, -0.05) is 15.9 Å². The van der Waals surface area contributed by atoms with E-state index >= 15 is 0 Å². The van der Waals surface area contributed by atoms with Gasteiger partial charge in [0.05, 0.1) is 0 Å². The molecule has 0 aliphatic carbocycles. The van der Waals surface area contributed by atoms with Gasteiger partial charge in [0.15, 0.2) is 0 Å². The van der Waals surface area contributed by atoms with Crippen LogP contribution in [-0.4, -0.2) is 31.0 Å². The van der Waals surface area contributed by atoms with Gasteiger partial charge in [0.1, 0.15) is 0 Å². The first-order chi connectivity index (χ1) is 3.93. The minimum absolute atomic E-state index is 0.642. The van der Waals surface area contributed by atoms with E-state index in [-0.39, 0.29) is 0 Å². The van der Waals surface area contributed by atoms with E-state index in [0.29, 0.717) is 6.04 Å². The Balaban J connectivity index is 2.13. The fourth-order valence-electron chi connectivity index (χ4n) is 0.822. The molecule has 1 aliphatic rings. The van der Waals surface area contributed by atoms with Gasteiger partial charge >= 0.3 is 0 Å². The van der Waals surface area contributed by atoms with Crippen LogP contribution >= 0.6 is 15.9 Å². The highest BCUT2D eigenvalue weighted by Gasteiger charge is 2.08. The predicted molar refractivity (Wildman–Crippen MR) is 38.5 cm³/mol. The molecule has 0 radical (unpaired) electrons. The molecule has 0 unspecified atom stereocenters. The summed E-state index contributed by atoms with van der Waals surface area (Å²) in [6.45, 7) is 3.32. The zero-order chi connectivity index (χ0) is 5.82. The van der Waals surface area contributed by atoms with Crippen molar-refractivity contribution in [2.24, 2.45) is 0 Å². The molecule has 8 heavy (non-hydrogen) atoms. The highest BCUT2D eigenvalue weighted by Crippen LogP contribution is 1.90. The maximum Gasteiger partial charge on any atom is 0.0289 e. The lowest BCUT2D eigenvalue weighted by Gasteiger charge is -2.21. The van der Waals surface area contributed by atoms with Gasteiger partial charge in [0, 0.05) is 31.0 Å². The average Bonchev–Trinajstić information content (AvgIpc) is 1.90. The molecule has 1 atom stereocenters. The number of piperazine rings is 1. The van der Waals surface area contributed by atoms with Crippen molar-refractivity contribution >= 4 is 15.9 Å². The molecule has 0 aromatic carbocycles. The number of halogens is 1. The number of rotatable bonds is 1. The third kappa shape index (κ3) is 1.73. The summed E-state index contributed by atoms with van der Waals surface area (Å²) in [5, 5.41) is 7.71. The summed E-state index contributed by atoms with van der Waals surface area (Å²) in [6.07, 6.45) is 0.